The van der Waals surface area contributed by atoms with E-state index in [-0.39, 0.29) is 11.7 Å². The fraction of sp³-hybridized carbons (Fsp3) is 0.371. The third-order valence-corrected chi connectivity index (χ3v) is 8.98. The highest BCUT2D eigenvalue weighted by atomic mass is 16.5. The van der Waals surface area contributed by atoms with Crippen LogP contribution < -0.4 is 19.5 Å². The molecule has 0 unspecified atom stereocenters. The highest BCUT2D eigenvalue weighted by molar-refractivity contribution is 5.80. The molecule has 0 spiro atoms. The Balaban J connectivity index is 1.42. The Hall–Kier alpha value is -3.94. The van der Waals surface area contributed by atoms with Crippen LogP contribution in [0.5, 0.6) is 23.0 Å². The number of anilines is 1. The minimum atomic E-state index is -0.851. The fourth-order valence-electron chi connectivity index (χ4n) is 6.60. The largest absolute Gasteiger partial charge is 0.507 e. The maximum absolute atomic E-state index is 10.9. The summed E-state index contributed by atoms with van der Waals surface area (Å²) in [7, 11) is 5.09. The molecule has 3 aromatic rings. The lowest BCUT2D eigenvalue weighted by Gasteiger charge is -2.56. The Bertz CT molecular complexity index is 1510. The van der Waals surface area contributed by atoms with Crippen LogP contribution in [-0.4, -0.2) is 54.4 Å². The van der Waals surface area contributed by atoms with Crippen molar-refractivity contribution >= 4 is 30.0 Å². The van der Waals surface area contributed by atoms with Gasteiger partial charge in [0.25, 0.3) is 0 Å². The topological polar surface area (TPSA) is 100 Å². The van der Waals surface area contributed by atoms with Crippen molar-refractivity contribution in [2.24, 2.45) is 11.3 Å². The van der Waals surface area contributed by atoms with Gasteiger partial charge < -0.3 is 34.8 Å². The zero-order chi connectivity index (χ0) is 30.2. The van der Waals surface area contributed by atoms with E-state index in [1.54, 1.807) is 20.3 Å². The molecule has 0 saturated heterocycles. The minimum Gasteiger partial charge on any atom is -0.507 e. The van der Waals surface area contributed by atoms with E-state index >= 15 is 0 Å². The van der Waals surface area contributed by atoms with Crippen LogP contribution in [0, 0.1) is 11.3 Å². The Morgan fingerprint density at radius 2 is 1.48 bits per heavy atom. The number of hydrogen-bond acceptors (Lipinski definition) is 7. The van der Waals surface area contributed by atoms with Crippen molar-refractivity contribution in [1.29, 1.82) is 0 Å². The number of phenols is 1. The second kappa shape index (κ2) is 11.4. The predicted octanol–water partition coefficient (Wildman–Crippen LogP) is 6.25. The molecule has 0 bridgehead atoms. The van der Waals surface area contributed by atoms with Crippen LogP contribution in [-0.2, 0) is 6.42 Å². The quantitative estimate of drug-likeness (QED) is 0.249. The SMILES string of the molecule is CNc1ccc(/C=C/c2c(O)cc(/C=C/c3cc4c(c(OC)c3)O[C@]3(C)C[C@@H](O)[C@@H](O)C(C)(C)[C@H]3C4)cc2OC)cc1. The van der Waals surface area contributed by atoms with Gasteiger partial charge in [0.1, 0.15) is 17.1 Å². The number of aliphatic hydroxyl groups is 2. The van der Waals surface area contributed by atoms with Crippen molar-refractivity contribution < 1.29 is 29.5 Å². The maximum atomic E-state index is 10.9. The molecule has 0 aromatic heterocycles. The van der Waals surface area contributed by atoms with Gasteiger partial charge in [-0.25, -0.2) is 0 Å². The van der Waals surface area contributed by atoms with Gasteiger partial charge in [0.05, 0.1) is 32.0 Å². The molecule has 222 valence electrons. The molecule has 7 nitrogen and oxygen atoms in total. The smallest absolute Gasteiger partial charge is 0.165 e. The molecule has 1 fully saturated rings. The van der Waals surface area contributed by atoms with E-state index in [4.69, 9.17) is 14.2 Å². The highest BCUT2D eigenvalue weighted by Crippen LogP contribution is 2.55. The number of ether oxygens (including phenoxy) is 3. The van der Waals surface area contributed by atoms with E-state index in [9.17, 15) is 15.3 Å². The lowest BCUT2D eigenvalue weighted by Crippen LogP contribution is -2.63. The molecular formula is C35H41NO6. The van der Waals surface area contributed by atoms with Gasteiger partial charge in [-0.15, -0.1) is 0 Å². The number of benzene rings is 3. The summed E-state index contributed by atoms with van der Waals surface area (Å²) >= 11 is 0. The number of hydrogen-bond donors (Lipinski definition) is 4. The summed E-state index contributed by atoms with van der Waals surface area (Å²) in [6.07, 6.45) is 7.04. The van der Waals surface area contributed by atoms with Crippen LogP contribution in [0.3, 0.4) is 0 Å². The summed E-state index contributed by atoms with van der Waals surface area (Å²) in [6.45, 7) is 6.01. The van der Waals surface area contributed by atoms with Gasteiger partial charge in [0.2, 0.25) is 0 Å². The van der Waals surface area contributed by atoms with Crippen molar-refractivity contribution in [2.75, 3.05) is 26.6 Å². The third kappa shape index (κ3) is 5.46. The Morgan fingerprint density at radius 1 is 0.857 bits per heavy atom. The lowest BCUT2D eigenvalue weighted by atomic mass is 9.57. The molecule has 2 aliphatic rings. The van der Waals surface area contributed by atoms with Crippen LogP contribution in [0.25, 0.3) is 24.3 Å². The number of fused-ring (bicyclic) bond motifs is 2. The average molecular weight is 572 g/mol. The molecular weight excluding hydrogens is 530 g/mol. The maximum Gasteiger partial charge on any atom is 0.165 e. The predicted molar refractivity (Wildman–Crippen MR) is 168 cm³/mol. The summed E-state index contributed by atoms with van der Waals surface area (Å²) in [5.41, 5.74) is 4.17. The van der Waals surface area contributed by atoms with Gasteiger partial charge in [-0.3, -0.25) is 0 Å². The monoisotopic (exact) mass is 571 g/mol. The fourth-order valence-corrected chi connectivity index (χ4v) is 6.60. The second-order valence-electron chi connectivity index (χ2n) is 12.1. The molecule has 42 heavy (non-hydrogen) atoms. The number of aromatic hydroxyl groups is 1. The zero-order valence-electron chi connectivity index (χ0n) is 25.1. The van der Waals surface area contributed by atoms with E-state index < -0.39 is 23.2 Å². The molecule has 1 heterocycles. The first-order valence-electron chi connectivity index (χ1n) is 14.3. The van der Waals surface area contributed by atoms with E-state index in [0.717, 1.165) is 27.9 Å². The number of aliphatic hydroxyl groups excluding tert-OH is 2. The number of rotatable bonds is 7. The molecule has 4 N–H and O–H groups in total. The van der Waals surface area contributed by atoms with Gasteiger partial charge in [-0.2, -0.15) is 0 Å². The van der Waals surface area contributed by atoms with E-state index in [2.05, 4.69) is 11.4 Å². The van der Waals surface area contributed by atoms with Crippen molar-refractivity contribution in [3.8, 4) is 23.0 Å². The summed E-state index contributed by atoms with van der Waals surface area (Å²) in [6, 6.07) is 15.6. The molecule has 0 amide bonds. The van der Waals surface area contributed by atoms with Crippen molar-refractivity contribution in [1.82, 2.24) is 0 Å². The summed E-state index contributed by atoms with van der Waals surface area (Å²) in [5.74, 6) is 1.99. The molecule has 1 aliphatic heterocycles. The van der Waals surface area contributed by atoms with Crippen molar-refractivity contribution in [3.05, 3.63) is 76.3 Å². The summed E-state index contributed by atoms with van der Waals surface area (Å²) < 4.78 is 17.9. The van der Waals surface area contributed by atoms with Gasteiger partial charge in [0.15, 0.2) is 11.5 Å². The number of methoxy groups -OCH3 is 2. The number of nitrogens with one attached hydrogen (secondary N) is 1. The second-order valence-corrected chi connectivity index (χ2v) is 12.1. The first-order chi connectivity index (χ1) is 20.0. The Morgan fingerprint density at radius 3 is 2.12 bits per heavy atom. The Kier molecular flexibility index (Phi) is 8.01. The van der Waals surface area contributed by atoms with Gasteiger partial charge in [-0.05, 0) is 78.1 Å². The van der Waals surface area contributed by atoms with E-state index in [0.29, 0.717) is 35.7 Å². The van der Waals surface area contributed by atoms with Gasteiger partial charge >= 0.3 is 0 Å². The van der Waals surface area contributed by atoms with Crippen LogP contribution in [0.15, 0.2) is 48.5 Å². The van der Waals surface area contributed by atoms with E-state index in [1.807, 2.05) is 88.5 Å². The highest BCUT2D eigenvalue weighted by Gasteiger charge is 2.58. The van der Waals surface area contributed by atoms with E-state index in [1.165, 1.54) is 0 Å². The average Bonchev–Trinajstić information content (AvgIpc) is 2.97. The standard InChI is InChI=1S/C35H41NO6/c1-34(2)31-19-24-15-22(18-30(41-6)32(24)42-35(31,3)20-28(38)33(34)39)7-8-23-16-27(37)26(29(17-23)40-5)14-11-21-9-12-25(36-4)13-10-21/h7-18,28,31,33,36-39H,19-20H2,1-6H3/b8-7+,14-11+/t28-,31-,33-,35-/m1/s1. The minimum absolute atomic E-state index is 0.00268. The van der Waals surface area contributed by atoms with Crippen LogP contribution in [0.1, 0.15) is 55.0 Å². The molecule has 1 saturated carbocycles. The third-order valence-electron chi connectivity index (χ3n) is 8.98. The lowest BCUT2D eigenvalue weighted by molar-refractivity contribution is -0.187. The van der Waals surface area contributed by atoms with Crippen molar-refractivity contribution in [2.45, 2.75) is 51.4 Å². The summed E-state index contributed by atoms with van der Waals surface area (Å²) in [4.78, 5) is 0. The molecule has 4 atom stereocenters. The molecule has 0 radical (unpaired) electrons. The normalized spacial score (nSPS) is 24.6. The molecule has 1 aliphatic carbocycles. The van der Waals surface area contributed by atoms with Gasteiger partial charge in [-0.1, -0.05) is 44.2 Å². The first kappa shape index (κ1) is 29.5. The summed E-state index contributed by atoms with van der Waals surface area (Å²) in [5, 5.41) is 35.4. The number of phenolic OH excluding ortho intramolecular Hbond substituents is 1. The van der Waals surface area contributed by atoms with Crippen LogP contribution in [0.2, 0.25) is 0 Å². The Labute approximate surface area is 248 Å². The zero-order valence-corrected chi connectivity index (χ0v) is 25.1. The van der Waals surface area contributed by atoms with Crippen molar-refractivity contribution in [3.63, 3.8) is 0 Å². The first-order valence-corrected chi connectivity index (χ1v) is 14.3. The molecule has 7 heteroatoms. The van der Waals surface area contributed by atoms with Crippen LogP contribution >= 0.6 is 0 Å². The molecule has 3 aromatic carbocycles. The van der Waals surface area contributed by atoms with Gasteiger partial charge in [0, 0.05) is 30.5 Å². The van der Waals surface area contributed by atoms with Crippen LogP contribution in [0.4, 0.5) is 5.69 Å². The molecule has 5 rings (SSSR count).